The highest BCUT2D eigenvalue weighted by atomic mass is 16.2. The van der Waals surface area contributed by atoms with Gasteiger partial charge in [0.1, 0.15) is 6.61 Å². The molecule has 0 unspecified atom stereocenters. The summed E-state index contributed by atoms with van der Waals surface area (Å²) in [5, 5.41) is 11.9. The van der Waals surface area contributed by atoms with Crippen LogP contribution in [0.15, 0.2) is 54.6 Å². The van der Waals surface area contributed by atoms with Crippen LogP contribution >= 0.6 is 0 Å². The van der Waals surface area contributed by atoms with Crippen molar-refractivity contribution in [3.05, 3.63) is 60.2 Å². The molecule has 0 bridgehead atoms. The van der Waals surface area contributed by atoms with Gasteiger partial charge in [0.2, 0.25) is 0 Å². The molecule has 0 aromatic heterocycles. The van der Waals surface area contributed by atoms with E-state index < -0.39 is 0 Å². The SMILES string of the molecule is OCC#Cc1cccc(Nc2ccccc2)c1. The zero-order chi connectivity index (χ0) is 11.9. The zero-order valence-corrected chi connectivity index (χ0v) is 9.35. The molecule has 0 aliphatic rings. The molecule has 0 atom stereocenters. The highest BCUT2D eigenvalue weighted by Gasteiger charge is 1.94. The third kappa shape index (κ3) is 3.37. The van der Waals surface area contributed by atoms with Crippen LogP contribution in [0.5, 0.6) is 0 Å². The first-order valence-electron chi connectivity index (χ1n) is 5.40. The lowest BCUT2D eigenvalue weighted by Gasteiger charge is -2.06. The highest BCUT2D eigenvalue weighted by Crippen LogP contribution is 2.16. The van der Waals surface area contributed by atoms with E-state index in [1.807, 2.05) is 54.6 Å². The van der Waals surface area contributed by atoms with Gasteiger partial charge in [-0.15, -0.1) is 0 Å². The number of hydrogen-bond acceptors (Lipinski definition) is 2. The highest BCUT2D eigenvalue weighted by molar-refractivity contribution is 5.61. The van der Waals surface area contributed by atoms with Crippen LogP contribution < -0.4 is 5.32 Å². The number of nitrogens with one attached hydrogen (secondary N) is 1. The molecule has 0 heterocycles. The van der Waals surface area contributed by atoms with Crippen molar-refractivity contribution < 1.29 is 5.11 Å². The lowest BCUT2D eigenvalue weighted by molar-refractivity contribution is 0.350. The third-order valence-electron chi connectivity index (χ3n) is 2.24. The number of anilines is 2. The van der Waals surface area contributed by atoms with Gasteiger partial charge in [0, 0.05) is 16.9 Å². The molecule has 0 saturated carbocycles. The second kappa shape index (κ2) is 5.74. The fourth-order valence-corrected chi connectivity index (χ4v) is 1.50. The van der Waals surface area contributed by atoms with Crippen LogP contribution in [0.4, 0.5) is 11.4 Å². The summed E-state index contributed by atoms with van der Waals surface area (Å²) in [5.74, 6) is 5.51. The summed E-state index contributed by atoms with van der Waals surface area (Å²) < 4.78 is 0. The molecule has 2 rings (SSSR count). The molecular formula is C15H13NO. The lowest BCUT2D eigenvalue weighted by atomic mass is 10.2. The second-order valence-corrected chi connectivity index (χ2v) is 3.53. The molecule has 0 amide bonds. The molecule has 0 saturated heterocycles. The second-order valence-electron chi connectivity index (χ2n) is 3.53. The molecule has 2 aromatic carbocycles. The smallest absolute Gasteiger partial charge is 0.104 e. The van der Waals surface area contributed by atoms with Gasteiger partial charge >= 0.3 is 0 Å². The summed E-state index contributed by atoms with van der Waals surface area (Å²) in [6.45, 7) is -0.115. The van der Waals surface area contributed by atoms with Crippen LogP contribution in [0.1, 0.15) is 5.56 Å². The van der Waals surface area contributed by atoms with E-state index >= 15 is 0 Å². The largest absolute Gasteiger partial charge is 0.384 e. The van der Waals surface area contributed by atoms with Gasteiger partial charge in [-0.1, -0.05) is 36.1 Å². The van der Waals surface area contributed by atoms with E-state index in [0.717, 1.165) is 16.9 Å². The van der Waals surface area contributed by atoms with E-state index in [-0.39, 0.29) is 6.61 Å². The van der Waals surface area contributed by atoms with Crippen LogP contribution in [0.2, 0.25) is 0 Å². The van der Waals surface area contributed by atoms with Gasteiger partial charge in [-0.3, -0.25) is 0 Å². The van der Waals surface area contributed by atoms with Crippen LogP contribution in [0, 0.1) is 11.8 Å². The average molecular weight is 223 g/mol. The minimum absolute atomic E-state index is 0.115. The molecule has 0 aliphatic heterocycles. The van der Waals surface area contributed by atoms with Gasteiger partial charge in [-0.05, 0) is 30.3 Å². The summed E-state index contributed by atoms with van der Waals surface area (Å²) in [4.78, 5) is 0. The fourth-order valence-electron chi connectivity index (χ4n) is 1.50. The number of aliphatic hydroxyl groups excluding tert-OH is 1. The van der Waals surface area contributed by atoms with E-state index in [9.17, 15) is 0 Å². The van der Waals surface area contributed by atoms with E-state index in [0.29, 0.717) is 0 Å². The van der Waals surface area contributed by atoms with Gasteiger partial charge in [0.15, 0.2) is 0 Å². The van der Waals surface area contributed by atoms with Crippen LogP contribution in [0.25, 0.3) is 0 Å². The molecule has 2 heteroatoms. The quantitative estimate of drug-likeness (QED) is 0.767. The molecule has 17 heavy (non-hydrogen) atoms. The number of benzene rings is 2. The number of rotatable bonds is 2. The number of para-hydroxylation sites is 1. The predicted molar refractivity (Wildman–Crippen MR) is 70.1 cm³/mol. The number of aliphatic hydroxyl groups is 1. The summed E-state index contributed by atoms with van der Waals surface area (Å²) in [7, 11) is 0. The third-order valence-corrected chi connectivity index (χ3v) is 2.24. The van der Waals surface area contributed by atoms with Gasteiger partial charge in [0.05, 0.1) is 0 Å². The molecular weight excluding hydrogens is 210 g/mol. The van der Waals surface area contributed by atoms with Crippen molar-refractivity contribution in [2.45, 2.75) is 0 Å². The van der Waals surface area contributed by atoms with Crippen molar-refractivity contribution in [2.24, 2.45) is 0 Å². The maximum atomic E-state index is 8.64. The van der Waals surface area contributed by atoms with E-state index in [2.05, 4.69) is 17.2 Å². The maximum Gasteiger partial charge on any atom is 0.104 e. The molecule has 0 fully saturated rings. The Kier molecular flexibility index (Phi) is 3.80. The Balaban J connectivity index is 2.17. The molecule has 2 aromatic rings. The van der Waals surface area contributed by atoms with Gasteiger partial charge < -0.3 is 10.4 Å². The minimum Gasteiger partial charge on any atom is -0.384 e. The van der Waals surface area contributed by atoms with Gasteiger partial charge in [-0.25, -0.2) is 0 Å². The molecule has 2 nitrogen and oxygen atoms in total. The molecule has 84 valence electrons. The summed E-state index contributed by atoms with van der Waals surface area (Å²) in [5.41, 5.74) is 2.92. The topological polar surface area (TPSA) is 32.3 Å². The van der Waals surface area contributed by atoms with Crippen molar-refractivity contribution in [3.8, 4) is 11.8 Å². The fraction of sp³-hybridized carbons (Fsp3) is 0.0667. The molecule has 0 aliphatic carbocycles. The Labute approximate surface area is 101 Å². The van der Waals surface area contributed by atoms with Crippen molar-refractivity contribution in [1.82, 2.24) is 0 Å². The van der Waals surface area contributed by atoms with Crippen LogP contribution in [-0.2, 0) is 0 Å². The van der Waals surface area contributed by atoms with Crippen LogP contribution in [-0.4, -0.2) is 11.7 Å². The maximum absolute atomic E-state index is 8.64. The lowest BCUT2D eigenvalue weighted by Crippen LogP contribution is -1.90. The Bertz CT molecular complexity index is 538. The normalized spacial score (nSPS) is 9.24. The van der Waals surface area contributed by atoms with Crippen molar-refractivity contribution in [2.75, 3.05) is 11.9 Å². The predicted octanol–water partition coefficient (Wildman–Crippen LogP) is 2.77. The molecule has 0 radical (unpaired) electrons. The van der Waals surface area contributed by atoms with Crippen molar-refractivity contribution in [3.63, 3.8) is 0 Å². The van der Waals surface area contributed by atoms with Gasteiger partial charge in [-0.2, -0.15) is 0 Å². The standard InChI is InChI=1S/C15H13NO/c17-11-5-7-13-6-4-10-15(12-13)16-14-8-2-1-3-9-14/h1-4,6,8-10,12,16-17H,11H2. The summed E-state index contributed by atoms with van der Waals surface area (Å²) in [6, 6.07) is 17.8. The first-order valence-corrected chi connectivity index (χ1v) is 5.40. The number of hydrogen-bond donors (Lipinski definition) is 2. The Morgan fingerprint density at radius 1 is 0.941 bits per heavy atom. The Hall–Kier alpha value is -2.24. The first-order chi connectivity index (χ1) is 8.38. The monoisotopic (exact) mass is 223 g/mol. The van der Waals surface area contributed by atoms with E-state index in [1.54, 1.807) is 0 Å². The Morgan fingerprint density at radius 2 is 1.71 bits per heavy atom. The average Bonchev–Trinajstić information content (AvgIpc) is 2.38. The van der Waals surface area contributed by atoms with Gasteiger partial charge in [0.25, 0.3) is 0 Å². The molecule has 2 N–H and O–H groups in total. The van der Waals surface area contributed by atoms with Crippen molar-refractivity contribution >= 4 is 11.4 Å². The minimum atomic E-state index is -0.115. The zero-order valence-electron chi connectivity index (χ0n) is 9.35. The first kappa shape index (κ1) is 11.3. The van der Waals surface area contributed by atoms with Crippen molar-refractivity contribution in [1.29, 1.82) is 0 Å². The van der Waals surface area contributed by atoms with E-state index in [1.165, 1.54) is 0 Å². The van der Waals surface area contributed by atoms with Crippen LogP contribution in [0.3, 0.4) is 0 Å². The van der Waals surface area contributed by atoms with E-state index in [4.69, 9.17) is 5.11 Å². The Morgan fingerprint density at radius 3 is 2.47 bits per heavy atom. The molecule has 0 spiro atoms. The summed E-state index contributed by atoms with van der Waals surface area (Å²) in [6.07, 6.45) is 0. The summed E-state index contributed by atoms with van der Waals surface area (Å²) >= 11 is 0.